The minimum absolute atomic E-state index is 0.0304. The first-order chi connectivity index (χ1) is 18.9. The van der Waals surface area contributed by atoms with Crippen LogP contribution in [-0.2, 0) is 11.3 Å². The van der Waals surface area contributed by atoms with E-state index in [1.54, 1.807) is 60.5 Å². The van der Waals surface area contributed by atoms with Gasteiger partial charge in [-0.25, -0.2) is 0 Å². The van der Waals surface area contributed by atoms with Gasteiger partial charge in [0.2, 0.25) is 5.91 Å². The highest BCUT2D eigenvalue weighted by Gasteiger charge is 2.14. The number of hydrogen-bond donors (Lipinski definition) is 3. The SMILES string of the molecule is CC(NC(=O)c1ccc(NCC(=O)Nc2cccc(C(=O)N(C)Cc3ccccc3)c2)cc1)c1ccccc1. The molecule has 1 unspecified atom stereocenters. The number of nitrogens with zero attached hydrogens (tertiary/aromatic N) is 1. The van der Waals surface area contributed by atoms with E-state index in [9.17, 15) is 14.4 Å². The van der Waals surface area contributed by atoms with Gasteiger partial charge in [0.15, 0.2) is 0 Å². The van der Waals surface area contributed by atoms with Crippen LogP contribution in [0.4, 0.5) is 11.4 Å². The van der Waals surface area contributed by atoms with Gasteiger partial charge in [-0.1, -0.05) is 66.7 Å². The lowest BCUT2D eigenvalue weighted by Crippen LogP contribution is -2.27. The maximum Gasteiger partial charge on any atom is 0.253 e. The predicted octanol–water partition coefficient (Wildman–Crippen LogP) is 5.50. The van der Waals surface area contributed by atoms with Crippen LogP contribution < -0.4 is 16.0 Å². The zero-order valence-corrected chi connectivity index (χ0v) is 22.1. The summed E-state index contributed by atoms with van der Waals surface area (Å²) in [7, 11) is 1.75. The first-order valence-corrected chi connectivity index (χ1v) is 12.8. The van der Waals surface area contributed by atoms with Crippen molar-refractivity contribution in [2.45, 2.75) is 19.5 Å². The van der Waals surface area contributed by atoms with Crippen molar-refractivity contribution in [3.05, 3.63) is 131 Å². The molecule has 0 aliphatic rings. The zero-order chi connectivity index (χ0) is 27.6. The number of amides is 3. The van der Waals surface area contributed by atoms with Crippen molar-refractivity contribution in [3.8, 4) is 0 Å². The van der Waals surface area contributed by atoms with Gasteiger partial charge in [0.1, 0.15) is 0 Å². The van der Waals surface area contributed by atoms with Crippen LogP contribution >= 0.6 is 0 Å². The molecule has 0 heterocycles. The molecule has 0 aliphatic heterocycles. The molecule has 0 spiro atoms. The standard InChI is InChI=1S/C32H32N4O3/c1-23(25-12-7-4-8-13-25)34-31(38)26-16-18-28(19-17-26)33-21-30(37)35-29-15-9-14-27(20-29)32(39)36(2)22-24-10-5-3-6-11-24/h3-20,23,33H,21-22H2,1-2H3,(H,34,38)(H,35,37). The number of nitrogens with one attached hydrogen (secondary N) is 3. The molecule has 198 valence electrons. The Hall–Kier alpha value is -4.91. The van der Waals surface area contributed by atoms with Crippen LogP contribution in [0.3, 0.4) is 0 Å². The molecule has 7 nitrogen and oxygen atoms in total. The summed E-state index contributed by atoms with van der Waals surface area (Å²) in [6.07, 6.45) is 0. The van der Waals surface area contributed by atoms with Crippen molar-refractivity contribution >= 4 is 29.1 Å². The minimum atomic E-state index is -0.254. The Balaban J connectivity index is 1.26. The Morgan fingerprint density at radius 3 is 2.10 bits per heavy atom. The highest BCUT2D eigenvalue weighted by molar-refractivity contribution is 5.98. The molecular formula is C32H32N4O3. The molecule has 0 saturated carbocycles. The number of benzene rings is 4. The summed E-state index contributed by atoms with van der Waals surface area (Å²) in [6, 6.07) is 33.3. The molecule has 0 bridgehead atoms. The summed E-state index contributed by atoms with van der Waals surface area (Å²) in [5.41, 5.74) is 4.36. The molecule has 4 aromatic rings. The second-order valence-corrected chi connectivity index (χ2v) is 9.31. The van der Waals surface area contributed by atoms with Crippen molar-refractivity contribution in [3.63, 3.8) is 0 Å². The molecule has 0 radical (unpaired) electrons. The van der Waals surface area contributed by atoms with Crippen LogP contribution in [0, 0.1) is 0 Å². The van der Waals surface area contributed by atoms with Crippen molar-refractivity contribution in [2.24, 2.45) is 0 Å². The summed E-state index contributed by atoms with van der Waals surface area (Å²) in [6.45, 7) is 2.46. The van der Waals surface area contributed by atoms with Crippen molar-refractivity contribution in [1.29, 1.82) is 0 Å². The second-order valence-electron chi connectivity index (χ2n) is 9.31. The van der Waals surface area contributed by atoms with Crippen LogP contribution in [0.5, 0.6) is 0 Å². The lowest BCUT2D eigenvalue weighted by molar-refractivity contribution is -0.114. The maximum absolute atomic E-state index is 12.9. The Morgan fingerprint density at radius 1 is 0.744 bits per heavy atom. The Bertz CT molecular complexity index is 1410. The van der Waals surface area contributed by atoms with E-state index in [-0.39, 0.29) is 30.3 Å². The number of hydrogen-bond acceptors (Lipinski definition) is 4. The lowest BCUT2D eigenvalue weighted by Gasteiger charge is -2.18. The third kappa shape index (κ3) is 7.79. The molecule has 0 aromatic heterocycles. The predicted molar refractivity (Wildman–Crippen MR) is 155 cm³/mol. The number of carbonyl (C=O) groups is 3. The minimum Gasteiger partial charge on any atom is -0.376 e. The second kappa shape index (κ2) is 13.1. The smallest absolute Gasteiger partial charge is 0.253 e. The molecule has 0 aliphatic carbocycles. The molecular weight excluding hydrogens is 488 g/mol. The summed E-state index contributed by atoms with van der Waals surface area (Å²) in [5, 5.41) is 8.88. The van der Waals surface area contributed by atoms with E-state index in [0.717, 1.165) is 11.1 Å². The first kappa shape index (κ1) is 27.1. The lowest BCUT2D eigenvalue weighted by atomic mass is 10.1. The van der Waals surface area contributed by atoms with Crippen molar-refractivity contribution in [2.75, 3.05) is 24.2 Å². The van der Waals surface area contributed by atoms with E-state index < -0.39 is 0 Å². The monoisotopic (exact) mass is 520 g/mol. The molecule has 3 N–H and O–H groups in total. The topological polar surface area (TPSA) is 90.5 Å². The Morgan fingerprint density at radius 2 is 1.41 bits per heavy atom. The molecule has 39 heavy (non-hydrogen) atoms. The van der Waals surface area contributed by atoms with Crippen LogP contribution in [0.2, 0.25) is 0 Å². The van der Waals surface area contributed by atoms with Gasteiger partial charge < -0.3 is 20.9 Å². The third-order valence-electron chi connectivity index (χ3n) is 6.25. The summed E-state index contributed by atoms with van der Waals surface area (Å²) >= 11 is 0. The number of carbonyl (C=O) groups excluding carboxylic acids is 3. The molecule has 1 atom stereocenters. The van der Waals surface area contributed by atoms with Crippen LogP contribution in [0.1, 0.15) is 44.8 Å². The first-order valence-electron chi connectivity index (χ1n) is 12.8. The van der Waals surface area contributed by atoms with E-state index in [1.807, 2.05) is 67.6 Å². The molecule has 4 aromatic carbocycles. The Kier molecular flexibility index (Phi) is 9.08. The third-order valence-corrected chi connectivity index (χ3v) is 6.25. The van der Waals surface area contributed by atoms with Crippen molar-refractivity contribution in [1.82, 2.24) is 10.2 Å². The van der Waals surface area contributed by atoms with E-state index in [4.69, 9.17) is 0 Å². The van der Waals surface area contributed by atoms with E-state index in [2.05, 4.69) is 16.0 Å². The highest BCUT2D eigenvalue weighted by Crippen LogP contribution is 2.16. The normalized spacial score (nSPS) is 11.2. The maximum atomic E-state index is 12.9. The molecule has 0 saturated heterocycles. The molecule has 7 heteroatoms. The van der Waals surface area contributed by atoms with Gasteiger partial charge in [0.05, 0.1) is 12.6 Å². The van der Waals surface area contributed by atoms with Crippen LogP contribution in [0.25, 0.3) is 0 Å². The van der Waals surface area contributed by atoms with Gasteiger partial charge >= 0.3 is 0 Å². The van der Waals surface area contributed by atoms with Crippen LogP contribution in [0.15, 0.2) is 109 Å². The molecule has 3 amide bonds. The molecule has 0 fully saturated rings. The van der Waals surface area contributed by atoms with E-state index >= 15 is 0 Å². The fourth-order valence-electron chi connectivity index (χ4n) is 4.11. The van der Waals surface area contributed by atoms with E-state index in [1.165, 1.54) is 0 Å². The van der Waals surface area contributed by atoms with Gasteiger partial charge in [-0.2, -0.15) is 0 Å². The summed E-state index contributed by atoms with van der Waals surface area (Å²) in [5.74, 6) is -0.550. The number of anilines is 2. The quantitative estimate of drug-likeness (QED) is 0.258. The van der Waals surface area contributed by atoms with Gasteiger partial charge in [0.25, 0.3) is 11.8 Å². The average Bonchev–Trinajstić information content (AvgIpc) is 2.97. The fraction of sp³-hybridized carbons (Fsp3) is 0.156. The van der Waals surface area contributed by atoms with Gasteiger partial charge in [-0.05, 0) is 60.5 Å². The fourth-order valence-corrected chi connectivity index (χ4v) is 4.11. The van der Waals surface area contributed by atoms with Crippen LogP contribution in [-0.4, -0.2) is 36.2 Å². The zero-order valence-electron chi connectivity index (χ0n) is 22.1. The van der Waals surface area contributed by atoms with Gasteiger partial charge in [-0.3, -0.25) is 14.4 Å². The largest absolute Gasteiger partial charge is 0.376 e. The Labute approximate surface area is 228 Å². The van der Waals surface area contributed by atoms with Gasteiger partial charge in [-0.15, -0.1) is 0 Å². The van der Waals surface area contributed by atoms with E-state index in [0.29, 0.717) is 29.0 Å². The summed E-state index contributed by atoms with van der Waals surface area (Å²) < 4.78 is 0. The average molecular weight is 521 g/mol. The van der Waals surface area contributed by atoms with Crippen molar-refractivity contribution < 1.29 is 14.4 Å². The molecule has 4 rings (SSSR count). The number of rotatable bonds is 10. The van der Waals surface area contributed by atoms with Gasteiger partial charge in [0, 0.05) is 36.1 Å². The summed E-state index contributed by atoms with van der Waals surface area (Å²) in [4.78, 5) is 39.7. The highest BCUT2D eigenvalue weighted by atomic mass is 16.2.